The first-order chi connectivity index (χ1) is 6.91. The average Bonchev–Trinajstić information content (AvgIpc) is 2.21. The Morgan fingerprint density at radius 2 is 1.57 bits per heavy atom. The van der Waals surface area contributed by atoms with Crippen LogP contribution in [0.3, 0.4) is 0 Å². The minimum absolute atomic E-state index is 0.306. The Labute approximate surface area is 87.0 Å². The van der Waals surface area contributed by atoms with Crippen molar-refractivity contribution in [1.82, 2.24) is 10.6 Å². The highest BCUT2D eigenvalue weighted by atomic mass is 16.5. The van der Waals surface area contributed by atoms with Crippen LogP contribution in [0.5, 0.6) is 0 Å². The first-order valence-electron chi connectivity index (χ1n) is 5.43. The van der Waals surface area contributed by atoms with Crippen molar-refractivity contribution in [2.75, 3.05) is 46.5 Å². The number of aliphatic hydroxyl groups excluding tert-OH is 1. The van der Waals surface area contributed by atoms with Gasteiger partial charge >= 0.3 is 0 Å². The minimum atomic E-state index is 0.306. The fourth-order valence-electron chi connectivity index (χ4n) is 1.12. The van der Waals surface area contributed by atoms with Crippen molar-refractivity contribution in [3.63, 3.8) is 0 Å². The van der Waals surface area contributed by atoms with Crippen molar-refractivity contribution in [3.05, 3.63) is 0 Å². The van der Waals surface area contributed by atoms with E-state index in [0.717, 1.165) is 52.0 Å². The number of nitrogens with one attached hydrogen (secondary N) is 2. The number of hydrogen-bond acceptors (Lipinski definition) is 4. The highest BCUT2D eigenvalue weighted by Gasteiger charge is 1.89. The lowest BCUT2D eigenvalue weighted by atomic mass is 10.3. The number of aliphatic hydroxyl groups is 1. The summed E-state index contributed by atoms with van der Waals surface area (Å²) in [5.41, 5.74) is 0. The average molecular weight is 204 g/mol. The zero-order chi connectivity index (χ0) is 10.5. The Balaban J connectivity index is 2.78. The third kappa shape index (κ3) is 11.8. The van der Waals surface area contributed by atoms with Gasteiger partial charge in [0.05, 0.1) is 6.61 Å². The monoisotopic (exact) mass is 204 g/mol. The van der Waals surface area contributed by atoms with E-state index < -0.39 is 0 Å². The van der Waals surface area contributed by atoms with Crippen molar-refractivity contribution < 1.29 is 9.84 Å². The molecule has 0 aliphatic heterocycles. The summed E-state index contributed by atoms with van der Waals surface area (Å²) >= 11 is 0. The molecule has 0 atom stereocenters. The van der Waals surface area contributed by atoms with E-state index in [-0.39, 0.29) is 0 Å². The SMILES string of the molecule is COCCNCCCNCCCCO. The summed E-state index contributed by atoms with van der Waals surface area (Å²) in [5.74, 6) is 0. The van der Waals surface area contributed by atoms with Gasteiger partial charge < -0.3 is 20.5 Å². The summed E-state index contributed by atoms with van der Waals surface area (Å²) in [4.78, 5) is 0. The van der Waals surface area contributed by atoms with Gasteiger partial charge in [0.25, 0.3) is 0 Å². The molecule has 0 aromatic heterocycles. The molecule has 86 valence electrons. The lowest BCUT2D eigenvalue weighted by molar-refractivity contribution is 0.199. The fraction of sp³-hybridized carbons (Fsp3) is 1.00. The van der Waals surface area contributed by atoms with Crippen LogP contribution in [0, 0.1) is 0 Å². The van der Waals surface area contributed by atoms with E-state index in [0.29, 0.717) is 6.61 Å². The van der Waals surface area contributed by atoms with Crippen molar-refractivity contribution in [2.45, 2.75) is 19.3 Å². The maximum absolute atomic E-state index is 8.54. The van der Waals surface area contributed by atoms with Gasteiger partial charge in [-0.1, -0.05) is 0 Å². The van der Waals surface area contributed by atoms with E-state index in [4.69, 9.17) is 9.84 Å². The molecule has 0 radical (unpaired) electrons. The molecule has 0 heterocycles. The van der Waals surface area contributed by atoms with Crippen LogP contribution in [0.2, 0.25) is 0 Å². The van der Waals surface area contributed by atoms with E-state index in [1.54, 1.807) is 7.11 Å². The summed E-state index contributed by atoms with van der Waals surface area (Å²) in [6, 6.07) is 0. The van der Waals surface area contributed by atoms with Crippen LogP contribution >= 0.6 is 0 Å². The predicted molar refractivity (Wildman–Crippen MR) is 58.6 cm³/mol. The molecule has 0 saturated carbocycles. The summed E-state index contributed by atoms with van der Waals surface area (Å²) in [6.45, 7) is 5.12. The Morgan fingerprint density at radius 3 is 2.21 bits per heavy atom. The van der Waals surface area contributed by atoms with Crippen molar-refractivity contribution in [2.24, 2.45) is 0 Å². The second-order valence-electron chi connectivity index (χ2n) is 3.28. The second-order valence-corrected chi connectivity index (χ2v) is 3.28. The molecule has 0 aromatic carbocycles. The molecule has 4 nitrogen and oxygen atoms in total. The standard InChI is InChI=1S/C10H24N2O2/c1-14-10-8-12-7-4-6-11-5-2-3-9-13/h11-13H,2-10H2,1H3. The van der Waals surface area contributed by atoms with E-state index >= 15 is 0 Å². The van der Waals surface area contributed by atoms with Crippen LogP contribution in [-0.2, 0) is 4.74 Å². The highest BCUT2D eigenvalue weighted by molar-refractivity contribution is 4.51. The molecular weight excluding hydrogens is 180 g/mol. The highest BCUT2D eigenvalue weighted by Crippen LogP contribution is 1.83. The number of ether oxygens (including phenoxy) is 1. The molecule has 0 fully saturated rings. The molecule has 0 unspecified atom stereocenters. The summed E-state index contributed by atoms with van der Waals surface area (Å²) in [5, 5.41) is 15.2. The molecule has 0 aromatic rings. The Morgan fingerprint density at radius 1 is 0.929 bits per heavy atom. The van der Waals surface area contributed by atoms with E-state index in [9.17, 15) is 0 Å². The zero-order valence-corrected chi connectivity index (χ0v) is 9.22. The smallest absolute Gasteiger partial charge is 0.0587 e. The predicted octanol–water partition coefficient (Wildman–Crippen LogP) is -0.0254. The van der Waals surface area contributed by atoms with Crippen molar-refractivity contribution in [1.29, 1.82) is 0 Å². The number of rotatable bonds is 11. The van der Waals surface area contributed by atoms with Gasteiger partial charge in [-0.05, 0) is 38.9 Å². The largest absolute Gasteiger partial charge is 0.396 e. The van der Waals surface area contributed by atoms with E-state index in [1.165, 1.54) is 0 Å². The number of hydrogen-bond donors (Lipinski definition) is 3. The lowest BCUT2D eigenvalue weighted by Crippen LogP contribution is -2.25. The maximum Gasteiger partial charge on any atom is 0.0587 e. The summed E-state index contributed by atoms with van der Waals surface area (Å²) < 4.78 is 4.91. The van der Waals surface area contributed by atoms with Crippen LogP contribution in [-0.4, -0.2) is 51.6 Å². The van der Waals surface area contributed by atoms with Gasteiger partial charge in [0, 0.05) is 20.3 Å². The molecular formula is C10H24N2O2. The van der Waals surface area contributed by atoms with Gasteiger partial charge in [-0.25, -0.2) is 0 Å². The first-order valence-corrected chi connectivity index (χ1v) is 5.43. The topological polar surface area (TPSA) is 53.5 Å². The van der Waals surface area contributed by atoms with Crippen LogP contribution in [0.25, 0.3) is 0 Å². The van der Waals surface area contributed by atoms with Crippen molar-refractivity contribution >= 4 is 0 Å². The van der Waals surface area contributed by atoms with Gasteiger partial charge in [0.15, 0.2) is 0 Å². The Hall–Kier alpha value is -0.160. The fourth-order valence-corrected chi connectivity index (χ4v) is 1.12. The molecule has 0 rings (SSSR count). The molecule has 0 spiro atoms. The number of unbranched alkanes of at least 4 members (excludes halogenated alkanes) is 1. The lowest BCUT2D eigenvalue weighted by Gasteiger charge is -2.05. The van der Waals surface area contributed by atoms with Crippen LogP contribution in [0.4, 0.5) is 0 Å². The minimum Gasteiger partial charge on any atom is -0.396 e. The van der Waals surface area contributed by atoms with Gasteiger partial charge in [-0.2, -0.15) is 0 Å². The van der Waals surface area contributed by atoms with Crippen molar-refractivity contribution in [3.8, 4) is 0 Å². The second kappa shape index (κ2) is 12.8. The zero-order valence-electron chi connectivity index (χ0n) is 9.22. The van der Waals surface area contributed by atoms with Gasteiger partial charge in [0.1, 0.15) is 0 Å². The maximum atomic E-state index is 8.54. The Bertz CT molecular complexity index is 90.1. The number of methoxy groups -OCH3 is 1. The van der Waals surface area contributed by atoms with E-state index in [1.807, 2.05) is 0 Å². The summed E-state index contributed by atoms with van der Waals surface area (Å²) in [7, 11) is 1.71. The molecule has 0 aliphatic rings. The van der Waals surface area contributed by atoms with E-state index in [2.05, 4.69) is 10.6 Å². The Kier molecular flexibility index (Phi) is 12.7. The summed E-state index contributed by atoms with van der Waals surface area (Å²) in [6.07, 6.45) is 3.11. The van der Waals surface area contributed by atoms with Gasteiger partial charge in [0.2, 0.25) is 0 Å². The molecule has 4 heteroatoms. The van der Waals surface area contributed by atoms with Crippen LogP contribution in [0.1, 0.15) is 19.3 Å². The molecule has 0 amide bonds. The van der Waals surface area contributed by atoms with Gasteiger partial charge in [-0.3, -0.25) is 0 Å². The molecule has 14 heavy (non-hydrogen) atoms. The quantitative estimate of drug-likeness (QED) is 0.414. The third-order valence-electron chi connectivity index (χ3n) is 1.95. The third-order valence-corrected chi connectivity index (χ3v) is 1.95. The molecule has 0 aliphatic carbocycles. The van der Waals surface area contributed by atoms with Gasteiger partial charge in [-0.15, -0.1) is 0 Å². The van der Waals surface area contributed by atoms with Crippen LogP contribution in [0.15, 0.2) is 0 Å². The molecule has 0 saturated heterocycles. The normalized spacial score (nSPS) is 10.7. The van der Waals surface area contributed by atoms with Crippen LogP contribution < -0.4 is 10.6 Å². The molecule has 0 bridgehead atoms. The first kappa shape index (κ1) is 13.8. The molecule has 3 N–H and O–H groups in total.